The summed E-state index contributed by atoms with van der Waals surface area (Å²) in [6.45, 7) is 5.06. The molecule has 4 atom stereocenters. The zero-order valence-electron chi connectivity index (χ0n) is 22.2. The van der Waals surface area contributed by atoms with Gasteiger partial charge in [0, 0.05) is 37.6 Å². The molecule has 3 heterocycles. The van der Waals surface area contributed by atoms with Gasteiger partial charge >= 0.3 is 0 Å². The maximum atomic E-state index is 13.4. The average Bonchev–Trinajstić information content (AvgIpc) is 3.23. The smallest absolute Gasteiger partial charge is 0.246 e. The van der Waals surface area contributed by atoms with Crippen LogP contribution < -0.4 is 5.32 Å². The van der Waals surface area contributed by atoms with Crippen LogP contribution in [0.3, 0.4) is 0 Å². The standard InChI is InChI=1S/C29H44N4O3/c1-20(2)33-28(36)31(3)27(35)29(33)18-23-14-15-24(19-29)32(23)17-16-25(21-10-6-4-7-11-21)30-26(34)22-12-8-5-9-13-22/h4,6-7,10-11,20,22-25,28,36H,5,8-9,12-19H2,1-3H3,(H,30,34)/t23?,24?,25-,28?,29?/m0/s1. The van der Waals surface area contributed by atoms with Crippen LogP contribution in [0.25, 0.3) is 0 Å². The highest BCUT2D eigenvalue weighted by Crippen LogP contribution is 2.48. The van der Waals surface area contributed by atoms with Crippen LogP contribution in [0.5, 0.6) is 0 Å². The minimum atomic E-state index is -0.846. The van der Waals surface area contributed by atoms with E-state index in [4.69, 9.17) is 0 Å². The normalized spacial score (nSPS) is 32.5. The van der Waals surface area contributed by atoms with E-state index in [-0.39, 0.29) is 29.8 Å². The van der Waals surface area contributed by atoms with E-state index in [1.807, 2.05) is 6.07 Å². The van der Waals surface area contributed by atoms with Gasteiger partial charge in [0.05, 0.1) is 6.04 Å². The van der Waals surface area contributed by atoms with E-state index < -0.39 is 11.9 Å². The molecule has 1 saturated carbocycles. The number of carbonyl (C=O) groups is 2. The molecule has 7 heteroatoms. The fourth-order valence-electron chi connectivity index (χ4n) is 7.72. The van der Waals surface area contributed by atoms with E-state index in [2.05, 4.69) is 53.2 Å². The number of fused-ring (bicyclic) bond motifs is 2. The first-order valence-corrected chi connectivity index (χ1v) is 14.2. The highest BCUT2D eigenvalue weighted by molar-refractivity contribution is 5.89. The van der Waals surface area contributed by atoms with Crippen molar-refractivity contribution in [1.29, 1.82) is 0 Å². The summed E-state index contributed by atoms with van der Waals surface area (Å²) in [4.78, 5) is 32.7. The number of aliphatic hydroxyl groups excluding tert-OH is 1. The van der Waals surface area contributed by atoms with Gasteiger partial charge in [-0.15, -0.1) is 0 Å². The first-order valence-electron chi connectivity index (χ1n) is 14.2. The van der Waals surface area contributed by atoms with Crippen molar-refractivity contribution in [2.75, 3.05) is 13.6 Å². The molecule has 2 bridgehead atoms. The molecular weight excluding hydrogens is 452 g/mol. The number of hydrogen-bond donors (Lipinski definition) is 2. The van der Waals surface area contributed by atoms with Crippen molar-refractivity contribution in [3.63, 3.8) is 0 Å². The molecule has 5 rings (SSSR count). The van der Waals surface area contributed by atoms with Crippen molar-refractivity contribution in [2.24, 2.45) is 5.92 Å². The number of benzene rings is 1. The number of piperidine rings is 1. The molecule has 36 heavy (non-hydrogen) atoms. The molecule has 2 N–H and O–H groups in total. The van der Waals surface area contributed by atoms with Gasteiger partial charge in [-0.1, -0.05) is 49.6 Å². The number of rotatable bonds is 7. The molecule has 1 aliphatic carbocycles. The Kier molecular flexibility index (Phi) is 7.44. The Balaban J connectivity index is 1.29. The second-order valence-electron chi connectivity index (χ2n) is 11.9. The third kappa shape index (κ3) is 4.59. The quantitative estimate of drug-likeness (QED) is 0.603. The monoisotopic (exact) mass is 496 g/mol. The molecule has 3 aliphatic heterocycles. The lowest BCUT2D eigenvalue weighted by atomic mass is 9.80. The Labute approximate surface area is 216 Å². The van der Waals surface area contributed by atoms with Crippen molar-refractivity contribution >= 4 is 11.8 Å². The molecule has 4 fully saturated rings. The number of carbonyl (C=O) groups excluding carboxylic acids is 2. The molecule has 198 valence electrons. The van der Waals surface area contributed by atoms with Crippen LogP contribution in [-0.4, -0.2) is 75.2 Å². The Morgan fingerprint density at radius 1 is 1.06 bits per heavy atom. The molecule has 1 aromatic carbocycles. The zero-order valence-corrected chi connectivity index (χ0v) is 22.2. The van der Waals surface area contributed by atoms with Crippen LogP contribution in [0.4, 0.5) is 0 Å². The van der Waals surface area contributed by atoms with Gasteiger partial charge in [0.1, 0.15) is 5.54 Å². The fourth-order valence-corrected chi connectivity index (χ4v) is 7.72. The van der Waals surface area contributed by atoms with Gasteiger partial charge in [-0.3, -0.25) is 14.5 Å². The third-order valence-corrected chi connectivity index (χ3v) is 9.45. The minimum Gasteiger partial charge on any atom is -0.361 e. The Bertz CT molecular complexity index is 918. The second kappa shape index (κ2) is 10.4. The molecule has 0 aromatic heterocycles. The summed E-state index contributed by atoms with van der Waals surface area (Å²) in [6.07, 6.45) is 9.32. The molecule has 2 amide bonds. The number of nitrogens with one attached hydrogen (secondary N) is 1. The zero-order chi connectivity index (χ0) is 25.4. The SMILES string of the molecule is CC(C)N1C(O)N(C)C(=O)C12CC1CCC(C2)N1CC[C@H](NC(=O)C1CCCCC1)c1ccccc1. The van der Waals surface area contributed by atoms with Crippen molar-refractivity contribution in [3.05, 3.63) is 35.9 Å². The predicted molar refractivity (Wildman–Crippen MR) is 140 cm³/mol. The van der Waals surface area contributed by atoms with Crippen molar-refractivity contribution < 1.29 is 14.7 Å². The Morgan fingerprint density at radius 2 is 1.69 bits per heavy atom. The van der Waals surface area contributed by atoms with Gasteiger partial charge in [0.2, 0.25) is 11.8 Å². The molecule has 1 aromatic rings. The summed E-state index contributed by atoms with van der Waals surface area (Å²) in [5, 5.41) is 14.3. The van der Waals surface area contributed by atoms with Crippen molar-refractivity contribution in [1.82, 2.24) is 20.0 Å². The van der Waals surface area contributed by atoms with Gasteiger partial charge in [-0.25, -0.2) is 4.90 Å². The average molecular weight is 497 g/mol. The van der Waals surface area contributed by atoms with Crippen LogP contribution in [0.15, 0.2) is 30.3 Å². The summed E-state index contributed by atoms with van der Waals surface area (Å²) in [5.74, 6) is 0.433. The molecule has 3 saturated heterocycles. The van der Waals surface area contributed by atoms with Crippen LogP contribution >= 0.6 is 0 Å². The van der Waals surface area contributed by atoms with Crippen molar-refractivity contribution in [2.45, 2.75) is 114 Å². The lowest BCUT2D eigenvalue weighted by molar-refractivity contribution is -0.137. The highest BCUT2D eigenvalue weighted by Gasteiger charge is 2.62. The molecular formula is C29H44N4O3. The third-order valence-electron chi connectivity index (χ3n) is 9.45. The van der Waals surface area contributed by atoms with Crippen LogP contribution in [0, 0.1) is 5.92 Å². The number of likely N-dealkylation sites (N-methyl/N-ethyl adjacent to an activating group) is 1. The molecule has 1 spiro atoms. The number of amides is 2. The summed E-state index contributed by atoms with van der Waals surface area (Å²) in [7, 11) is 1.73. The predicted octanol–water partition coefficient (Wildman–Crippen LogP) is 3.64. The fraction of sp³-hybridized carbons (Fsp3) is 0.724. The van der Waals surface area contributed by atoms with E-state index in [0.29, 0.717) is 12.1 Å². The lowest BCUT2D eigenvalue weighted by Gasteiger charge is -2.48. The largest absolute Gasteiger partial charge is 0.361 e. The van der Waals surface area contributed by atoms with E-state index in [1.54, 1.807) is 7.05 Å². The number of nitrogens with zero attached hydrogens (tertiary/aromatic N) is 3. The molecule has 3 unspecified atom stereocenters. The first kappa shape index (κ1) is 25.7. The van der Waals surface area contributed by atoms with E-state index in [1.165, 1.54) is 16.9 Å². The summed E-state index contributed by atoms with van der Waals surface area (Å²) < 4.78 is 0. The molecule has 4 aliphatic rings. The summed E-state index contributed by atoms with van der Waals surface area (Å²) in [6, 6.07) is 11.1. The molecule has 7 nitrogen and oxygen atoms in total. The molecule has 0 radical (unpaired) electrons. The van der Waals surface area contributed by atoms with Gasteiger partial charge < -0.3 is 15.3 Å². The second-order valence-corrected chi connectivity index (χ2v) is 11.9. The lowest BCUT2D eigenvalue weighted by Crippen LogP contribution is -2.62. The van der Waals surface area contributed by atoms with Gasteiger partial charge in [0.15, 0.2) is 6.35 Å². The highest BCUT2D eigenvalue weighted by atomic mass is 16.3. The Morgan fingerprint density at radius 3 is 2.31 bits per heavy atom. The maximum Gasteiger partial charge on any atom is 0.246 e. The van der Waals surface area contributed by atoms with Crippen LogP contribution in [0.2, 0.25) is 0 Å². The maximum absolute atomic E-state index is 13.4. The van der Waals surface area contributed by atoms with E-state index in [9.17, 15) is 14.7 Å². The Hall–Kier alpha value is -1.96. The summed E-state index contributed by atoms with van der Waals surface area (Å²) >= 11 is 0. The number of hydrogen-bond acceptors (Lipinski definition) is 5. The summed E-state index contributed by atoms with van der Waals surface area (Å²) in [5.41, 5.74) is 0.572. The van der Waals surface area contributed by atoms with Gasteiger partial charge in [-0.2, -0.15) is 0 Å². The number of aliphatic hydroxyl groups is 1. The van der Waals surface area contributed by atoms with E-state index >= 15 is 0 Å². The first-order chi connectivity index (χ1) is 17.3. The van der Waals surface area contributed by atoms with E-state index in [0.717, 1.165) is 64.3 Å². The van der Waals surface area contributed by atoms with Crippen LogP contribution in [-0.2, 0) is 9.59 Å². The minimum absolute atomic E-state index is 0.00384. The van der Waals surface area contributed by atoms with Crippen molar-refractivity contribution in [3.8, 4) is 0 Å². The van der Waals surface area contributed by atoms with Gasteiger partial charge in [0.25, 0.3) is 0 Å². The topological polar surface area (TPSA) is 76.1 Å². The van der Waals surface area contributed by atoms with Crippen LogP contribution in [0.1, 0.15) is 89.7 Å². The van der Waals surface area contributed by atoms with Gasteiger partial charge in [-0.05, 0) is 64.4 Å².